The number of piperidine rings is 1. The third kappa shape index (κ3) is 4.40. The summed E-state index contributed by atoms with van der Waals surface area (Å²) in [7, 11) is 2.05. The molecule has 0 aromatic carbocycles. The van der Waals surface area contributed by atoms with Crippen molar-refractivity contribution < 1.29 is 9.59 Å². The first-order chi connectivity index (χ1) is 15.8. The van der Waals surface area contributed by atoms with Crippen LogP contribution in [-0.4, -0.2) is 84.5 Å². The second-order valence-electron chi connectivity index (χ2n) is 9.56. The summed E-state index contributed by atoms with van der Waals surface area (Å²) >= 11 is 0. The number of piperazine rings is 1. The SMILES string of the molecule is CN1CCN(C(=O)C(C)(C)C(=C(C#N)C(=O)N2CCCCC2)N2CNc3cnccc32)CC1. The number of likely N-dealkylation sites (N-methyl/N-ethyl adjacent to an activating group) is 1. The van der Waals surface area contributed by atoms with E-state index in [4.69, 9.17) is 0 Å². The molecule has 176 valence electrons. The Balaban J connectivity index is 1.79. The van der Waals surface area contributed by atoms with Crippen molar-refractivity contribution in [2.75, 3.05) is 63.2 Å². The number of amides is 2. The first kappa shape index (κ1) is 23.1. The largest absolute Gasteiger partial charge is 0.364 e. The van der Waals surface area contributed by atoms with Crippen molar-refractivity contribution >= 4 is 23.2 Å². The zero-order valence-corrected chi connectivity index (χ0v) is 19.8. The summed E-state index contributed by atoms with van der Waals surface area (Å²) in [5.41, 5.74) is 1.08. The number of fused-ring (bicyclic) bond motifs is 1. The fourth-order valence-electron chi connectivity index (χ4n) is 4.96. The summed E-state index contributed by atoms with van der Waals surface area (Å²) in [5.74, 6) is -0.346. The lowest BCUT2D eigenvalue weighted by Gasteiger charge is -2.41. The summed E-state index contributed by atoms with van der Waals surface area (Å²) in [6.07, 6.45) is 6.36. The highest BCUT2D eigenvalue weighted by atomic mass is 16.2. The second-order valence-corrected chi connectivity index (χ2v) is 9.56. The molecule has 1 aromatic rings. The molecule has 0 saturated carbocycles. The van der Waals surface area contributed by atoms with Crippen molar-refractivity contribution in [3.05, 3.63) is 29.7 Å². The number of hydrogen-bond acceptors (Lipinski definition) is 7. The highest BCUT2D eigenvalue weighted by Gasteiger charge is 2.44. The zero-order chi connectivity index (χ0) is 23.6. The van der Waals surface area contributed by atoms with Crippen LogP contribution in [0.25, 0.3) is 0 Å². The van der Waals surface area contributed by atoms with E-state index in [0.717, 1.165) is 43.7 Å². The molecule has 4 rings (SSSR count). The van der Waals surface area contributed by atoms with Gasteiger partial charge in [-0.3, -0.25) is 14.6 Å². The summed E-state index contributed by atoms with van der Waals surface area (Å²) < 4.78 is 0. The molecule has 0 spiro atoms. The number of nitrogens with zero attached hydrogens (tertiary/aromatic N) is 6. The average Bonchev–Trinajstić information content (AvgIpc) is 3.26. The van der Waals surface area contributed by atoms with E-state index in [2.05, 4.69) is 21.3 Å². The van der Waals surface area contributed by atoms with E-state index in [0.29, 0.717) is 38.5 Å². The van der Waals surface area contributed by atoms with Crippen LogP contribution in [0.4, 0.5) is 11.4 Å². The number of aromatic nitrogens is 1. The van der Waals surface area contributed by atoms with Crippen LogP contribution in [0.3, 0.4) is 0 Å². The molecule has 1 aromatic heterocycles. The molecular formula is C24H33N7O2. The number of pyridine rings is 1. The van der Waals surface area contributed by atoms with Gasteiger partial charge in [-0.05, 0) is 46.2 Å². The van der Waals surface area contributed by atoms with Gasteiger partial charge < -0.3 is 24.9 Å². The molecule has 3 aliphatic rings. The molecule has 0 aliphatic carbocycles. The minimum Gasteiger partial charge on any atom is -0.364 e. The number of nitriles is 1. The fraction of sp³-hybridized carbons (Fsp3) is 0.583. The fourth-order valence-corrected chi connectivity index (χ4v) is 4.96. The Labute approximate surface area is 195 Å². The van der Waals surface area contributed by atoms with Gasteiger partial charge in [0.1, 0.15) is 11.6 Å². The number of nitrogens with one attached hydrogen (secondary N) is 1. The maximum atomic E-state index is 13.8. The summed E-state index contributed by atoms with van der Waals surface area (Å²) in [4.78, 5) is 39.3. The van der Waals surface area contributed by atoms with Crippen LogP contribution in [0.1, 0.15) is 33.1 Å². The molecular weight excluding hydrogens is 418 g/mol. The average molecular weight is 452 g/mol. The topological polar surface area (TPSA) is 95.8 Å². The Hall–Kier alpha value is -3.12. The predicted octanol–water partition coefficient (Wildman–Crippen LogP) is 1.86. The number of anilines is 2. The molecule has 1 N–H and O–H groups in total. The molecule has 0 radical (unpaired) electrons. The van der Waals surface area contributed by atoms with Gasteiger partial charge in [0.05, 0.1) is 35.4 Å². The number of carbonyl (C=O) groups excluding carboxylic acids is 2. The summed E-state index contributed by atoms with van der Waals surface area (Å²) in [6, 6.07) is 4.06. The molecule has 9 nitrogen and oxygen atoms in total. The predicted molar refractivity (Wildman–Crippen MR) is 126 cm³/mol. The number of likely N-dealkylation sites (tertiary alicyclic amines) is 1. The highest BCUT2D eigenvalue weighted by Crippen LogP contribution is 2.42. The minimum atomic E-state index is -1.07. The van der Waals surface area contributed by atoms with Gasteiger partial charge >= 0.3 is 0 Å². The van der Waals surface area contributed by atoms with Crippen molar-refractivity contribution in [2.45, 2.75) is 33.1 Å². The van der Waals surface area contributed by atoms with Crippen LogP contribution in [-0.2, 0) is 9.59 Å². The Kier molecular flexibility index (Phi) is 6.56. The Morgan fingerprint density at radius 1 is 1.06 bits per heavy atom. The van der Waals surface area contributed by atoms with Crippen LogP contribution in [0.2, 0.25) is 0 Å². The van der Waals surface area contributed by atoms with E-state index in [9.17, 15) is 14.9 Å². The van der Waals surface area contributed by atoms with E-state index in [1.165, 1.54) is 0 Å². The molecule has 2 amide bonds. The number of carbonyl (C=O) groups is 2. The van der Waals surface area contributed by atoms with Crippen LogP contribution in [0.5, 0.6) is 0 Å². The normalized spacial score (nSPS) is 20.0. The lowest BCUT2D eigenvalue weighted by atomic mass is 9.83. The van der Waals surface area contributed by atoms with E-state index >= 15 is 0 Å². The third-order valence-electron chi connectivity index (χ3n) is 6.91. The van der Waals surface area contributed by atoms with E-state index < -0.39 is 5.41 Å². The van der Waals surface area contributed by atoms with Gasteiger partial charge in [-0.25, -0.2) is 0 Å². The van der Waals surface area contributed by atoms with Crippen LogP contribution in [0.15, 0.2) is 29.7 Å². The van der Waals surface area contributed by atoms with E-state index in [-0.39, 0.29) is 17.4 Å². The van der Waals surface area contributed by atoms with Gasteiger partial charge in [0, 0.05) is 45.5 Å². The molecule has 3 aliphatic heterocycles. The van der Waals surface area contributed by atoms with Gasteiger partial charge in [-0.1, -0.05) is 0 Å². The highest BCUT2D eigenvalue weighted by molar-refractivity contribution is 6.01. The molecule has 0 bridgehead atoms. The maximum Gasteiger partial charge on any atom is 0.266 e. The Bertz CT molecular complexity index is 983. The van der Waals surface area contributed by atoms with Crippen molar-refractivity contribution in [2.24, 2.45) is 5.41 Å². The number of hydrogen-bond donors (Lipinski definition) is 1. The molecule has 0 atom stereocenters. The maximum absolute atomic E-state index is 13.8. The van der Waals surface area contributed by atoms with Gasteiger partial charge in [0.25, 0.3) is 5.91 Å². The Morgan fingerprint density at radius 3 is 2.42 bits per heavy atom. The molecule has 2 fully saturated rings. The standard InChI is InChI=1S/C24H33N7O2/c1-24(2,23(33)30-13-11-28(3)12-14-30)21(31-17-27-19-16-26-8-7-20(19)31)18(15-25)22(32)29-9-5-4-6-10-29/h7-8,16,27H,4-6,9-14,17H2,1-3H3. The van der Waals surface area contributed by atoms with Crippen molar-refractivity contribution in [1.29, 1.82) is 5.26 Å². The smallest absolute Gasteiger partial charge is 0.266 e. The quantitative estimate of drug-likeness (QED) is 0.551. The second kappa shape index (κ2) is 9.40. The summed E-state index contributed by atoms with van der Waals surface area (Å²) in [5, 5.41) is 13.5. The van der Waals surface area contributed by atoms with Crippen LogP contribution in [0, 0.1) is 16.7 Å². The van der Waals surface area contributed by atoms with Crippen molar-refractivity contribution in [3.8, 4) is 6.07 Å². The van der Waals surface area contributed by atoms with Crippen molar-refractivity contribution in [1.82, 2.24) is 19.7 Å². The Morgan fingerprint density at radius 2 is 1.76 bits per heavy atom. The van der Waals surface area contributed by atoms with Gasteiger partial charge in [-0.15, -0.1) is 0 Å². The minimum absolute atomic E-state index is 0.0517. The van der Waals surface area contributed by atoms with Gasteiger partial charge in [0.15, 0.2) is 0 Å². The third-order valence-corrected chi connectivity index (χ3v) is 6.91. The molecule has 33 heavy (non-hydrogen) atoms. The van der Waals surface area contributed by atoms with Crippen molar-refractivity contribution in [3.63, 3.8) is 0 Å². The lowest BCUT2D eigenvalue weighted by Crippen LogP contribution is -2.53. The lowest BCUT2D eigenvalue weighted by molar-refractivity contribution is -0.140. The monoisotopic (exact) mass is 451 g/mol. The van der Waals surface area contributed by atoms with Crippen LogP contribution >= 0.6 is 0 Å². The molecule has 4 heterocycles. The molecule has 9 heteroatoms. The first-order valence-electron chi connectivity index (χ1n) is 11.7. The summed E-state index contributed by atoms with van der Waals surface area (Å²) in [6.45, 7) is 8.20. The van der Waals surface area contributed by atoms with E-state index in [1.807, 2.05) is 36.8 Å². The molecule has 2 saturated heterocycles. The van der Waals surface area contributed by atoms with Gasteiger partial charge in [-0.2, -0.15) is 5.26 Å². The van der Waals surface area contributed by atoms with Gasteiger partial charge in [0.2, 0.25) is 5.91 Å². The van der Waals surface area contributed by atoms with E-state index in [1.54, 1.807) is 17.3 Å². The van der Waals surface area contributed by atoms with Crippen LogP contribution < -0.4 is 10.2 Å². The zero-order valence-electron chi connectivity index (χ0n) is 19.8. The first-order valence-corrected chi connectivity index (χ1v) is 11.7. The molecule has 0 unspecified atom stereocenters. The number of rotatable bonds is 4.